The van der Waals surface area contributed by atoms with Crippen LogP contribution >= 0.6 is 8.60 Å². The highest BCUT2D eigenvalue weighted by Crippen LogP contribution is 2.43. The summed E-state index contributed by atoms with van der Waals surface area (Å²) in [5.74, 6) is 2.06. The average molecular weight is 398 g/mol. The van der Waals surface area contributed by atoms with Gasteiger partial charge in [-0.25, -0.2) is 0 Å². The second kappa shape index (κ2) is 10.7. The summed E-state index contributed by atoms with van der Waals surface area (Å²) in [6.07, 6.45) is -1.14. The molecular formula is C22H23O5P. The first kappa shape index (κ1) is 20.2. The van der Waals surface area contributed by atoms with Gasteiger partial charge in [0.05, 0.1) is 0 Å². The maximum absolute atomic E-state index is 5.89. The second-order valence-electron chi connectivity index (χ2n) is 5.84. The zero-order valence-corrected chi connectivity index (χ0v) is 16.7. The van der Waals surface area contributed by atoms with Crippen LogP contribution in [0.25, 0.3) is 0 Å². The van der Waals surface area contributed by atoms with Gasteiger partial charge in [-0.1, -0.05) is 54.6 Å². The SMILES string of the molecule is CC(Oc1ccccc1)OP(Oc1ccccc1)OC(C)Oc1ccccc1. The van der Waals surface area contributed by atoms with Gasteiger partial charge >= 0.3 is 8.60 Å². The van der Waals surface area contributed by atoms with Gasteiger partial charge in [-0.2, -0.15) is 0 Å². The summed E-state index contributed by atoms with van der Waals surface area (Å²) in [7, 11) is -1.76. The Kier molecular flexibility index (Phi) is 7.68. The Hall–Kier alpha value is -2.59. The Morgan fingerprint density at radius 3 is 1.29 bits per heavy atom. The van der Waals surface area contributed by atoms with E-state index in [0.717, 1.165) is 0 Å². The van der Waals surface area contributed by atoms with Crippen LogP contribution in [-0.4, -0.2) is 12.6 Å². The average Bonchev–Trinajstić information content (AvgIpc) is 2.70. The van der Waals surface area contributed by atoms with E-state index in [0.29, 0.717) is 17.2 Å². The summed E-state index contributed by atoms with van der Waals surface area (Å²) in [5.41, 5.74) is 0. The van der Waals surface area contributed by atoms with E-state index in [1.54, 1.807) is 13.8 Å². The van der Waals surface area contributed by atoms with Gasteiger partial charge in [0.2, 0.25) is 12.6 Å². The van der Waals surface area contributed by atoms with Crippen LogP contribution in [0.3, 0.4) is 0 Å². The molecule has 0 saturated carbocycles. The fourth-order valence-corrected chi connectivity index (χ4v) is 3.30. The minimum absolute atomic E-state index is 0.568. The molecule has 5 nitrogen and oxygen atoms in total. The van der Waals surface area contributed by atoms with Gasteiger partial charge in [0.25, 0.3) is 0 Å². The van der Waals surface area contributed by atoms with E-state index in [1.807, 2.05) is 91.0 Å². The lowest BCUT2D eigenvalue weighted by molar-refractivity contribution is -0.0302. The highest BCUT2D eigenvalue weighted by Gasteiger charge is 2.23. The molecule has 0 amide bonds. The summed E-state index contributed by atoms with van der Waals surface area (Å²) in [4.78, 5) is 0. The van der Waals surface area contributed by atoms with E-state index in [1.165, 1.54) is 0 Å². The lowest BCUT2D eigenvalue weighted by Crippen LogP contribution is -2.20. The fourth-order valence-electron chi connectivity index (χ4n) is 2.30. The van der Waals surface area contributed by atoms with Crippen molar-refractivity contribution in [3.8, 4) is 17.2 Å². The summed E-state index contributed by atoms with van der Waals surface area (Å²) < 4.78 is 29.2. The number of para-hydroxylation sites is 3. The van der Waals surface area contributed by atoms with Crippen LogP contribution in [0.5, 0.6) is 17.2 Å². The number of rotatable bonds is 10. The van der Waals surface area contributed by atoms with Gasteiger partial charge in [0, 0.05) is 0 Å². The standard InChI is InChI=1S/C22H23O5P/c1-18(23-20-12-6-3-7-13-20)25-28(27-22-16-10-5-11-17-22)26-19(2)24-21-14-8-4-9-15-21/h3-19H,1-2H3. The molecule has 3 aromatic carbocycles. The normalized spacial score (nSPS) is 13.9. The van der Waals surface area contributed by atoms with E-state index < -0.39 is 21.2 Å². The van der Waals surface area contributed by atoms with Crippen molar-refractivity contribution in [2.75, 3.05) is 0 Å². The van der Waals surface area contributed by atoms with Gasteiger partial charge in [0.15, 0.2) is 0 Å². The molecule has 2 unspecified atom stereocenters. The molecule has 0 fully saturated rings. The first-order valence-electron chi connectivity index (χ1n) is 8.99. The van der Waals surface area contributed by atoms with Crippen molar-refractivity contribution in [3.05, 3.63) is 91.0 Å². The first-order valence-corrected chi connectivity index (χ1v) is 10.1. The van der Waals surface area contributed by atoms with Crippen LogP contribution in [0, 0.1) is 0 Å². The van der Waals surface area contributed by atoms with Gasteiger partial charge in [-0.05, 0) is 50.2 Å². The van der Waals surface area contributed by atoms with Crippen LogP contribution in [0.15, 0.2) is 91.0 Å². The van der Waals surface area contributed by atoms with E-state index in [9.17, 15) is 0 Å². The van der Waals surface area contributed by atoms with Gasteiger partial charge < -0.3 is 14.0 Å². The molecule has 3 rings (SSSR count). The van der Waals surface area contributed by atoms with Crippen LogP contribution < -0.4 is 14.0 Å². The molecule has 6 heteroatoms. The zero-order valence-electron chi connectivity index (χ0n) is 15.8. The van der Waals surface area contributed by atoms with Gasteiger partial charge in [-0.15, -0.1) is 0 Å². The second-order valence-corrected chi connectivity index (χ2v) is 6.89. The van der Waals surface area contributed by atoms with Crippen LogP contribution in [0.1, 0.15) is 13.8 Å². The minimum Gasteiger partial charge on any atom is -0.465 e. The third-order valence-electron chi connectivity index (χ3n) is 3.48. The molecule has 0 N–H and O–H groups in total. The van der Waals surface area contributed by atoms with E-state index in [2.05, 4.69) is 0 Å². The highest BCUT2D eigenvalue weighted by molar-refractivity contribution is 7.42. The molecule has 28 heavy (non-hydrogen) atoms. The summed E-state index contributed by atoms with van der Waals surface area (Å²) in [6.45, 7) is 3.59. The Morgan fingerprint density at radius 2 is 0.893 bits per heavy atom. The van der Waals surface area contributed by atoms with Crippen molar-refractivity contribution in [3.63, 3.8) is 0 Å². The van der Waals surface area contributed by atoms with Crippen LogP contribution in [-0.2, 0) is 9.05 Å². The van der Waals surface area contributed by atoms with Crippen molar-refractivity contribution >= 4 is 8.60 Å². The molecule has 0 bridgehead atoms. The highest BCUT2D eigenvalue weighted by atomic mass is 31.2. The van der Waals surface area contributed by atoms with E-state index >= 15 is 0 Å². The minimum atomic E-state index is -1.76. The number of benzene rings is 3. The van der Waals surface area contributed by atoms with Crippen molar-refractivity contribution < 1.29 is 23.0 Å². The third kappa shape index (κ3) is 6.86. The Labute approximate surface area is 166 Å². The molecule has 0 saturated heterocycles. The maximum Gasteiger partial charge on any atom is 0.403 e. The number of ether oxygens (including phenoxy) is 2. The van der Waals surface area contributed by atoms with Gasteiger partial charge in [-0.3, -0.25) is 9.05 Å². The lowest BCUT2D eigenvalue weighted by atomic mass is 10.3. The van der Waals surface area contributed by atoms with E-state index in [-0.39, 0.29) is 0 Å². The molecular weight excluding hydrogens is 375 g/mol. The third-order valence-corrected chi connectivity index (χ3v) is 4.78. The molecule has 0 spiro atoms. The van der Waals surface area contributed by atoms with Crippen molar-refractivity contribution in [1.29, 1.82) is 0 Å². The summed E-state index contributed by atoms with van der Waals surface area (Å²) in [5, 5.41) is 0. The van der Waals surface area contributed by atoms with E-state index in [4.69, 9.17) is 23.0 Å². The van der Waals surface area contributed by atoms with Crippen molar-refractivity contribution in [1.82, 2.24) is 0 Å². The zero-order chi connectivity index (χ0) is 19.6. The monoisotopic (exact) mass is 398 g/mol. The molecule has 0 radical (unpaired) electrons. The number of hydrogen-bond acceptors (Lipinski definition) is 5. The molecule has 0 aromatic heterocycles. The Balaban J connectivity index is 1.62. The largest absolute Gasteiger partial charge is 0.465 e. The lowest BCUT2D eigenvalue weighted by Gasteiger charge is -2.24. The number of hydrogen-bond donors (Lipinski definition) is 0. The molecule has 2 atom stereocenters. The summed E-state index contributed by atoms with van der Waals surface area (Å²) in [6, 6.07) is 28.3. The van der Waals surface area contributed by atoms with Crippen molar-refractivity contribution in [2.24, 2.45) is 0 Å². The van der Waals surface area contributed by atoms with Crippen LogP contribution in [0.4, 0.5) is 0 Å². The predicted molar refractivity (Wildman–Crippen MR) is 109 cm³/mol. The molecule has 0 heterocycles. The topological polar surface area (TPSA) is 46.2 Å². The first-order chi connectivity index (χ1) is 13.7. The molecule has 3 aromatic rings. The molecule has 146 valence electrons. The Bertz CT molecular complexity index is 751. The molecule has 0 aliphatic carbocycles. The maximum atomic E-state index is 5.89. The quantitative estimate of drug-likeness (QED) is 0.302. The smallest absolute Gasteiger partial charge is 0.403 e. The van der Waals surface area contributed by atoms with Crippen LogP contribution in [0.2, 0.25) is 0 Å². The summed E-state index contributed by atoms with van der Waals surface area (Å²) >= 11 is 0. The fraction of sp³-hybridized carbons (Fsp3) is 0.182. The van der Waals surface area contributed by atoms with Gasteiger partial charge in [0.1, 0.15) is 17.2 Å². The Morgan fingerprint density at radius 1 is 0.536 bits per heavy atom. The van der Waals surface area contributed by atoms with Crippen molar-refractivity contribution in [2.45, 2.75) is 26.4 Å². The molecule has 0 aliphatic heterocycles. The predicted octanol–water partition coefficient (Wildman–Crippen LogP) is 6.18. The molecule has 0 aliphatic rings.